The molecular formula is C8H20ClN3O2S. The van der Waals surface area contributed by atoms with Crippen molar-refractivity contribution in [3.05, 3.63) is 0 Å². The van der Waals surface area contributed by atoms with Crippen molar-refractivity contribution in [1.29, 1.82) is 0 Å². The minimum atomic E-state index is -3.21. The highest BCUT2D eigenvalue weighted by atomic mass is 35.5. The Morgan fingerprint density at radius 3 is 2.27 bits per heavy atom. The summed E-state index contributed by atoms with van der Waals surface area (Å²) in [5.41, 5.74) is 0. The highest BCUT2D eigenvalue weighted by molar-refractivity contribution is 7.87. The van der Waals surface area contributed by atoms with E-state index in [1.165, 1.54) is 4.31 Å². The fourth-order valence-electron chi connectivity index (χ4n) is 1.50. The molecule has 0 aromatic rings. The number of piperidine rings is 1. The standard InChI is InChI=1S/C8H19N3O2S.ClH/c1-9-5-6-10-14(12,13)11-7-3-2-4-8-11;/h9-10H,2-8H2,1H3;1H. The average Bonchev–Trinajstić information content (AvgIpc) is 2.19. The van der Waals surface area contributed by atoms with Crippen LogP contribution in [-0.2, 0) is 10.2 Å². The monoisotopic (exact) mass is 257 g/mol. The van der Waals surface area contributed by atoms with Crippen LogP contribution in [0.4, 0.5) is 0 Å². The van der Waals surface area contributed by atoms with Gasteiger partial charge in [0.05, 0.1) is 0 Å². The van der Waals surface area contributed by atoms with Gasteiger partial charge in [0.2, 0.25) is 0 Å². The molecule has 1 saturated heterocycles. The molecule has 0 saturated carbocycles. The number of nitrogens with one attached hydrogen (secondary N) is 2. The Balaban J connectivity index is 0.00000196. The molecule has 1 aliphatic rings. The molecule has 15 heavy (non-hydrogen) atoms. The van der Waals surface area contributed by atoms with Gasteiger partial charge in [-0.3, -0.25) is 0 Å². The Morgan fingerprint density at radius 2 is 1.73 bits per heavy atom. The first-order valence-corrected chi connectivity index (χ1v) is 6.50. The summed E-state index contributed by atoms with van der Waals surface area (Å²) in [7, 11) is -1.41. The van der Waals surface area contributed by atoms with Crippen LogP contribution in [0.5, 0.6) is 0 Å². The summed E-state index contributed by atoms with van der Waals surface area (Å²) in [6.07, 6.45) is 3.10. The summed E-state index contributed by atoms with van der Waals surface area (Å²) in [6, 6.07) is 0. The van der Waals surface area contributed by atoms with Crippen LogP contribution in [0.25, 0.3) is 0 Å². The summed E-state index contributed by atoms with van der Waals surface area (Å²) in [5.74, 6) is 0. The van der Waals surface area contributed by atoms with E-state index in [2.05, 4.69) is 10.0 Å². The van der Waals surface area contributed by atoms with E-state index >= 15 is 0 Å². The minimum absolute atomic E-state index is 0. The van der Waals surface area contributed by atoms with Gasteiger partial charge in [-0.1, -0.05) is 6.42 Å². The van der Waals surface area contributed by atoms with Crippen LogP contribution in [-0.4, -0.2) is 45.9 Å². The van der Waals surface area contributed by atoms with Gasteiger partial charge < -0.3 is 5.32 Å². The molecule has 0 unspecified atom stereocenters. The number of hydrogen-bond donors (Lipinski definition) is 2. The molecule has 0 aliphatic carbocycles. The fraction of sp³-hybridized carbons (Fsp3) is 1.00. The lowest BCUT2D eigenvalue weighted by Crippen LogP contribution is -2.44. The topological polar surface area (TPSA) is 61.4 Å². The first-order valence-electron chi connectivity index (χ1n) is 5.06. The van der Waals surface area contributed by atoms with Gasteiger partial charge in [-0.25, -0.2) is 4.72 Å². The third kappa shape index (κ3) is 5.12. The largest absolute Gasteiger partial charge is 0.318 e. The molecule has 0 aromatic carbocycles. The molecule has 0 radical (unpaired) electrons. The van der Waals surface area contributed by atoms with E-state index in [0.29, 0.717) is 26.2 Å². The first kappa shape index (κ1) is 15.1. The van der Waals surface area contributed by atoms with Gasteiger partial charge in [0, 0.05) is 26.2 Å². The van der Waals surface area contributed by atoms with Crippen LogP contribution in [0.15, 0.2) is 0 Å². The van der Waals surface area contributed by atoms with Gasteiger partial charge in [-0.15, -0.1) is 12.4 Å². The van der Waals surface area contributed by atoms with Crippen LogP contribution < -0.4 is 10.0 Å². The van der Waals surface area contributed by atoms with Crippen molar-refractivity contribution in [3.8, 4) is 0 Å². The van der Waals surface area contributed by atoms with E-state index < -0.39 is 10.2 Å². The molecule has 0 atom stereocenters. The highest BCUT2D eigenvalue weighted by Crippen LogP contribution is 2.11. The van der Waals surface area contributed by atoms with E-state index in [4.69, 9.17) is 0 Å². The molecule has 0 amide bonds. The van der Waals surface area contributed by atoms with Gasteiger partial charge >= 0.3 is 0 Å². The van der Waals surface area contributed by atoms with E-state index in [1.54, 1.807) is 7.05 Å². The molecule has 0 bridgehead atoms. The zero-order valence-corrected chi connectivity index (χ0v) is 10.7. The molecule has 1 rings (SSSR count). The average molecular weight is 258 g/mol. The lowest BCUT2D eigenvalue weighted by atomic mass is 10.2. The van der Waals surface area contributed by atoms with Crippen molar-refractivity contribution in [2.24, 2.45) is 0 Å². The molecule has 1 fully saturated rings. The fourth-order valence-corrected chi connectivity index (χ4v) is 2.78. The molecule has 0 aromatic heterocycles. The molecule has 2 N–H and O–H groups in total. The van der Waals surface area contributed by atoms with Gasteiger partial charge in [0.25, 0.3) is 10.2 Å². The Labute approximate surface area is 98.2 Å². The van der Waals surface area contributed by atoms with Crippen LogP contribution in [0, 0.1) is 0 Å². The summed E-state index contributed by atoms with van der Waals surface area (Å²) >= 11 is 0. The number of nitrogens with zero attached hydrogens (tertiary/aromatic N) is 1. The van der Waals surface area contributed by atoms with E-state index in [1.807, 2.05) is 0 Å². The van der Waals surface area contributed by atoms with E-state index in [9.17, 15) is 8.42 Å². The van der Waals surface area contributed by atoms with Crippen molar-refractivity contribution in [2.45, 2.75) is 19.3 Å². The molecule has 1 heterocycles. The Bertz CT molecular complexity index is 253. The minimum Gasteiger partial charge on any atom is -0.318 e. The van der Waals surface area contributed by atoms with Crippen molar-refractivity contribution in [3.63, 3.8) is 0 Å². The summed E-state index contributed by atoms with van der Waals surface area (Å²) in [4.78, 5) is 0. The van der Waals surface area contributed by atoms with Crippen molar-refractivity contribution >= 4 is 22.6 Å². The van der Waals surface area contributed by atoms with Crippen LogP contribution in [0.3, 0.4) is 0 Å². The van der Waals surface area contributed by atoms with Crippen molar-refractivity contribution in [1.82, 2.24) is 14.3 Å². The molecular weight excluding hydrogens is 238 g/mol. The number of likely N-dealkylation sites (N-methyl/N-ethyl adjacent to an activating group) is 1. The van der Waals surface area contributed by atoms with Gasteiger partial charge in [-0.2, -0.15) is 12.7 Å². The highest BCUT2D eigenvalue weighted by Gasteiger charge is 2.22. The number of hydrogen-bond acceptors (Lipinski definition) is 3. The smallest absolute Gasteiger partial charge is 0.279 e. The van der Waals surface area contributed by atoms with Crippen LogP contribution >= 0.6 is 12.4 Å². The summed E-state index contributed by atoms with van der Waals surface area (Å²) in [5, 5.41) is 2.90. The maximum atomic E-state index is 11.6. The van der Waals surface area contributed by atoms with Gasteiger partial charge in [-0.05, 0) is 19.9 Å². The third-order valence-corrected chi connectivity index (χ3v) is 3.93. The second kappa shape index (κ2) is 7.40. The predicted octanol–water partition coefficient (Wildman–Crippen LogP) is -0.0521. The SMILES string of the molecule is CNCCNS(=O)(=O)N1CCCCC1.Cl. The van der Waals surface area contributed by atoms with E-state index in [-0.39, 0.29) is 12.4 Å². The molecule has 1 aliphatic heterocycles. The second-order valence-electron chi connectivity index (χ2n) is 3.46. The summed E-state index contributed by atoms with van der Waals surface area (Å²) in [6.45, 7) is 2.44. The predicted molar refractivity (Wildman–Crippen MR) is 63.5 cm³/mol. The quantitative estimate of drug-likeness (QED) is 0.679. The third-order valence-electron chi connectivity index (χ3n) is 2.31. The molecule has 5 nitrogen and oxygen atoms in total. The van der Waals surface area contributed by atoms with Crippen molar-refractivity contribution < 1.29 is 8.42 Å². The summed E-state index contributed by atoms with van der Waals surface area (Å²) < 4.78 is 27.4. The molecule has 92 valence electrons. The first-order chi connectivity index (χ1) is 6.67. The normalized spacial score (nSPS) is 18.5. The maximum Gasteiger partial charge on any atom is 0.279 e. The Kier molecular flexibility index (Phi) is 7.46. The number of halogens is 1. The molecule has 7 heteroatoms. The zero-order chi connectivity index (χ0) is 10.4. The Hall–Kier alpha value is 0.120. The lowest BCUT2D eigenvalue weighted by Gasteiger charge is -2.25. The maximum absolute atomic E-state index is 11.6. The Morgan fingerprint density at radius 1 is 1.13 bits per heavy atom. The molecule has 0 spiro atoms. The zero-order valence-electron chi connectivity index (χ0n) is 9.03. The van der Waals surface area contributed by atoms with E-state index in [0.717, 1.165) is 19.3 Å². The van der Waals surface area contributed by atoms with Gasteiger partial charge in [0.1, 0.15) is 0 Å². The van der Waals surface area contributed by atoms with Crippen LogP contribution in [0.1, 0.15) is 19.3 Å². The lowest BCUT2D eigenvalue weighted by molar-refractivity contribution is 0.342. The van der Waals surface area contributed by atoms with Crippen LogP contribution in [0.2, 0.25) is 0 Å². The second-order valence-corrected chi connectivity index (χ2v) is 5.22. The number of rotatable bonds is 5. The van der Waals surface area contributed by atoms with Crippen molar-refractivity contribution in [2.75, 3.05) is 33.2 Å². The van der Waals surface area contributed by atoms with Gasteiger partial charge in [0.15, 0.2) is 0 Å².